The van der Waals surface area contributed by atoms with Crippen molar-refractivity contribution in [1.29, 1.82) is 0 Å². The predicted octanol–water partition coefficient (Wildman–Crippen LogP) is 6.57. The Bertz CT molecular complexity index is 2320. The zero-order chi connectivity index (χ0) is 35.3. The monoisotopic (exact) mass is 705 g/mol. The van der Waals surface area contributed by atoms with E-state index in [4.69, 9.17) is 0 Å². The van der Waals surface area contributed by atoms with E-state index in [1.807, 2.05) is 42.5 Å². The lowest BCUT2D eigenvalue weighted by molar-refractivity contribution is 0.0785. The van der Waals surface area contributed by atoms with Gasteiger partial charge in [-0.05, 0) is 104 Å². The predicted molar refractivity (Wildman–Crippen MR) is 190 cm³/mol. The molecule has 1 N–H and O–H groups in total. The van der Waals surface area contributed by atoms with E-state index in [9.17, 15) is 30.4 Å². The van der Waals surface area contributed by atoms with Gasteiger partial charge in [0.1, 0.15) is 0 Å². The van der Waals surface area contributed by atoms with Crippen LogP contribution in [0.4, 0.5) is 0 Å². The molecule has 4 aromatic carbocycles. The molecule has 0 aliphatic rings. The summed E-state index contributed by atoms with van der Waals surface area (Å²) in [7, 11) is -11.0. The first-order chi connectivity index (χ1) is 22.2. The Morgan fingerprint density at radius 3 is 1.92 bits per heavy atom. The molecule has 8 nitrogen and oxygen atoms in total. The normalized spacial score (nSPS) is 13.8. The van der Waals surface area contributed by atoms with Gasteiger partial charge in [-0.15, -0.1) is 0 Å². The highest BCUT2D eigenvalue weighted by molar-refractivity contribution is 7.92. The molecule has 1 atom stereocenters. The average molecular weight is 706 g/mol. The van der Waals surface area contributed by atoms with Crippen molar-refractivity contribution >= 4 is 40.4 Å². The van der Waals surface area contributed by atoms with Gasteiger partial charge in [-0.2, -0.15) is 0 Å². The van der Waals surface area contributed by atoms with Crippen molar-refractivity contribution in [3.05, 3.63) is 126 Å². The summed E-state index contributed by atoms with van der Waals surface area (Å²) in [5.41, 5.74) is 3.24. The van der Waals surface area contributed by atoms with Crippen LogP contribution in [-0.4, -0.2) is 47.9 Å². The Hall–Kier alpha value is -3.90. The van der Waals surface area contributed by atoms with Gasteiger partial charge in [0.05, 0.1) is 30.9 Å². The van der Waals surface area contributed by atoms with E-state index in [-0.39, 0.29) is 16.2 Å². The lowest BCUT2D eigenvalue weighted by atomic mass is 9.92. The van der Waals surface area contributed by atoms with Gasteiger partial charge >= 0.3 is 0 Å². The van der Waals surface area contributed by atoms with Crippen LogP contribution in [0.1, 0.15) is 55.2 Å². The minimum atomic E-state index is -4.03. The summed E-state index contributed by atoms with van der Waals surface area (Å²) < 4.78 is 77.3. The van der Waals surface area contributed by atoms with Gasteiger partial charge in [0.15, 0.2) is 29.5 Å². The molecule has 11 heteroatoms. The molecule has 252 valence electrons. The van der Waals surface area contributed by atoms with Crippen molar-refractivity contribution in [2.24, 2.45) is 0 Å². The zero-order valence-corrected chi connectivity index (χ0v) is 30.1. The highest BCUT2D eigenvalue weighted by Crippen LogP contribution is 2.38. The van der Waals surface area contributed by atoms with E-state index in [0.29, 0.717) is 33.3 Å². The molecule has 48 heavy (non-hydrogen) atoms. The summed E-state index contributed by atoms with van der Waals surface area (Å²) in [4.78, 5) is 4.74. The molecule has 0 spiro atoms. The van der Waals surface area contributed by atoms with Gasteiger partial charge in [-0.3, -0.25) is 4.98 Å². The molecule has 0 aliphatic heterocycles. The standard InChI is InChI=1S/C37H39NO7S3/c1-36(2,39)29-14-18-32(19-15-29)48(44,45)34(26-12-16-31(17-13-26)46(5,40)41)22-25-9-7-10-27(21-25)33-24-30(37(3,4)47(6,42)43)23-28-11-8-20-38-35(28)33/h7-21,23-24,34,39H,22H2,1-6H3. The third kappa shape index (κ3) is 7.10. The third-order valence-corrected chi connectivity index (χ3v) is 14.3. The Balaban J connectivity index is 1.64. The molecule has 0 radical (unpaired) electrons. The second kappa shape index (κ2) is 12.5. The molecular formula is C37H39NO7S3. The second-order valence-electron chi connectivity index (χ2n) is 13.2. The summed E-state index contributed by atoms with van der Waals surface area (Å²) in [5.74, 6) is 0. The molecule has 0 fully saturated rings. The molecule has 5 aromatic rings. The molecule has 1 unspecified atom stereocenters. The Morgan fingerprint density at radius 1 is 0.708 bits per heavy atom. The number of fused-ring (bicyclic) bond motifs is 1. The fraction of sp³-hybridized carbons (Fsp3) is 0.270. The second-order valence-corrected chi connectivity index (χ2v) is 20.0. The summed E-state index contributed by atoms with van der Waals surface area (Å²) in [6.45, 7) is 6.57. The maximum absolute atomic E-state index is 14.3. The summed E-state index contributed by atoms with van der Waals surface area (Å²) >= 11 is 0. The number of hydrogen-bond acceptors (Lipinski definition) is 8. The lowest BCUT2D eigenvalue weighted by Gasteiger charge is -2.25. The minimum Gasteiger partial charge on any atom is -0.386 e. The van der Waals surface area contributed by atoms with Crippen LogP contribution in [0.25, 0.3) is 22.0 Å². The van der Waals surface area contributed by atoms with Crippen molar-refractivity contribution < 1.29 is 30.4 Å². The number of benzene rings is 4. The molecular weight excluding hydrogens is 667 g/mol. The van der Waals surface area contributed by atoms with Gasteiger partial charge in [0, 0.05) is 29.7 Å². The molecule has 1 heterocycles. The summed E-state index contributed by atoms with van der Waals surface area (Å²) in [6.07, 6.45) is 4.03. The van der Waals surface area contributed by atoms with E-state index >= 15 is 0 Å². The van der Waals surface area contributed by atoms with Crippen LogP contribution in [0.5, 0.6) is 0 Å². The smallest absolute Gasteiger partial charge is 0.185 e. The van der Waals surface area contributed by atoms with Crippen molar-refractivity contribution in [1.82, 2.24) is 4.98 Å². The van der Waals surface area contributed by atoms with Crippen molar-refractivity contribution in [3.8, 4) is 11.1 Å². The molecule has 0 amide bonds. The SMILES string of the molecule is CC(C)(O)c1ccc(S(=O)(=O)C(Cc2cccc(-c3cc(C(C)(C)S(C)(=O)=O)cc4cccnc34)c2)c2ccc(S(C)(=O)=O)cc2)cc1. The van der Waals surface area contributed by atoms with Gasteiger partial charge in [0.25, 0.3) is 0 Å². The average Bonchev–Trinajstić information content (AvgIpc) is 3.02. The van der Waals surface area contributed by atoms with E-state index in [0.717, 1.165) is 17.2 Å². The maximum Gasteiger partial charge on any atom is 0.185 e. The van der Waals surface area contributed by atoms with Crippen LogP contribution < -0.4 is 0 Å². The van der Waals surface area contributed by atoms with Crippen LogP contribution in [0.15, 0.2) is 113 Å². The summed E-state index contributed by atoms with van der Waals surface area (Å²) in [5, 5.41) is 10.1. The number of pyridine rings is 1. The van der Waals surface area contributed by atoms with Crippen LogP contribution in [-0.2, 0) is 46.3 Å². The fourth-order valence-corrected chi connectivity index (χ4v) is 8.55. The van der Waals surface area contributed by atoms with E-state index in [1.165, 1.54) is 42.7 Å². The van der Waals surface area contributed by atoms with E-state index in [2.05, 4.69) is 4.98 Å². The van der Waals surface area contributed by atoms with Gasteiger partial charge in [-0.1, -0.05) is 54.6 Å². The zero-order valence-electron chi connectivity index (χ0n) is 27.7. The number of hydrogen-bond donors (Lipinski definition) is 1. The first-order valence-electron chi connectivity index (χ1n) is 15.2. The minimum absolute atomic E-state index is 0.0571. The molecule has 1 aromatic heterocycles. The first-order valence-corrected chi connectivity index (χ1v) is 20.6. The molecule has 0 aliphatic carbocycles. The Labute approximate surface area is 283 Å². The number of sulfone groups is 3. The van der Waals surface area contributed by atoms with Crippen LogP contribution in [0.2, 0.25) is 0 Å². The number of aromatic nitrogens is 1. The van der Waals surface area contributed by atoms with E-state index in [1.54, 1.807) is 52.1 Å². The van der Waals surface area contributed by atoms with Gasteiger partial charge < -0.3 is 5.11 Å². The largest absolute Gasteiger partial charge is 0.386 e. The summed E-state index contributed by atoms with van der Waals surface area (Å²) in [6, 6.07) is 26.7. The maximum atomic E-state index is 14.3. The Morgan fingerprint density at radius 2 is 1.33 bits per heavy atom. The molecule has 5 rings (SSSR count). The van der Waals surface area contributed by atoms with Crippen molar-refractivity contribution in [2.45, 2.75) is 59.5 Å². The third-order valence-electron chi connectivity index (χ3n) is 8.93. The quantitative estimate of drug-likeness (QED) is 0.172. The molecule has 0 bridgehead atoms. The van der Waals surface area contributed by atoms with Crippen molar-refractivity contribution in [3.63, 3.8) is 0 Å². The number of nitrogens with zero attached hydrogens (tertiary/aromatic N) is 1. The van der Waals surface area contributed by atoms with Gasteiger partial charge in [-0.25, -0.2) is 25.3 Å². The van der Waals surface area contributed by atoms with Crippen molar-refractivity contribution in [2.75, 3.05) is 12.5 Å². The topological polar surface area (TPSA) is 136 Å². The van der Waals surface area contributed by atoms with E-state index < -0.39 is 45.1 Å². The highest BCUT2D eigenvalue weighted by atomic mass is 32.2. The molecule has 0 saturated carbocycles. The van der Waals surface area contributed by atoms with Gasteiger partial charge in [0.2, 0.25) is 0 Å². The fourth-order valence-electron chi connectivity index (χ4n) is 5.61. The first kappa shape index (κ1) is 35.4. The number of rotatable bonds is 10. The highest BCUT2D eigenvalue weighted by Gasteiger charge is 2.34. The molecule has 0 saturated heterocycles. The number of aliphatic hydroxyl groups is 1. The Kier molecular flexibility index (Phi) is 9.24. The van der Waals surface area contributed by atoms with Crippen LogP contribution in [0.3, 0.4) is 0 Å². The lowest BCUT2D eigenvalue weighted by Crippen LogP contribution is -2.28. The van der Waals surface area contributed by atoms with Crippen LogP contribution in [0, 0.1) is 0 Å². The van der Waals surface area contributed by atoms with Crippen LogP contribution >= 0.6 is 0 Å².